The standard InChI is InChI=1S/C14H24N2O4S/c1-3-5-16-9-14(8-13(16)10-17)21(18,19)15-12-4-6-20-11(2)7-12/h8-9,11-12,15,17H,3-7,10H2,1-2H3. The van der Waals surface area contributed by atoms with Gasteiger partial charge in [-0.3, -0.25) is 0 Å². The number of aromatic nitrogens is 1. The summed E-state index contributed by atoms with van der Waals surface area (Å²) in [7, 11) is -3.55. The number of nitrogens with one attached hydrogen (secondary N) is 1. The van der Waals surface area contributed by atoms with E-state index in [2.05, 4.69) is 4.72 Å². The molecule has 0 bridgehead atoms. The van der Waals surface area contributed by atoms with Crippen molar-refractivity contribution in [1.82, 2.24) is 9.29 Å². The zero-order valence-electron chi connectivity index (χ0n) is 12.6. The van der Waals surface area contributed by atoms with Crippen molar-refractivity contribution < 1.29 is 18.3 Å². The minimum absolute atomic E-state index is 0.0733. The molecular weight excluding hydrogens is 292 g/mol. The number of hydrogen-bond donors (Lipinski definition) is 2. The molecule has 21 heavy (non-hydrogen) atoms. The summed E-state index contributed by atoms with van der Waals surface area (Å²) in [5, 5.41) is 9.33. The SMILES string of the molecule is CCCn1cc(S(=O)(=O)NC2CCOC(C)C2)cc1CO. The van der Waals surface area contributed by atoms with Crippen molar-refractivity contribution in [3.8, 4) is 0 Å². The van der Waals surface area contributed by atoms with Crippen LogP contribution in [0, 0.1) is 0 Å². The molecule has 0 amide bonds. The molecule has 1 aromatic heterocycles. The number of rotatable bonds is 6. The first kappa shape index (κ1) is 16.5. The number of sulfonamides is 1. The summed E-state index contributed by atoms with van der Waals surface area (Å²) in [6.07, 6.45) is 3.92. The van der Waals surface area contributed by atoms with Crippen molar-refractivity contribution in [2.75, 3.05) is 6.61 Å². The largest absolute Gasteiger partial charge is 0.390 e. The van der Waals surface area contributed by atoms with E-state index in [0.717, 1.165) is 6.42 Å². The predicted octanol–water partition coefficient (Wildman–Crippen LogP) is 1.24. The molecule has 1 saturated heterocycles. The van der Waals surface area contributed by atoms with Crippen LogP contribution in [0.25, 0.3) is 0 Å². The van der Waals surface area contributed by atoms with E-state index >= 15 is 0 Å². The Labute approximate surface area is 126 Å². The molecule has 0 saturated carbocycles. The monoisotopic (exact) mass is 316 g/mol. The topological polar surface area (TPSA) is 80.6 Å². The van der Waals surface area contributed by atoms with Gasteiger partial charge in [-0.2, -0.15) is 0 Å². The number of nitrogens with zero attached hydrogens (tertiary/aromatic N) is 1. The second kappa shape index (κ2) is 6.91. The Morgan fingerprint density at radius 1 is 1.52 bits per heavy atom. The Hall–Kier alpha value is -0.890. The molecule has 2 unspecified atom stereocenters. The maximum Gasteiger partial charge on any atom is 0.242 e. The summed E-state index contributed by atoms with van der Waals surface area (Å²) in [4.78, 5) is 0.221. The van der Waals surface area contributed by atoms with Crippen LogP contribution in [-0.2, 0) is 27.9 Å². The van der Waals surface area contributed by atoms with Crippen LogP contribution in [0.2, 0.25) is 0 Å². The normalized spacial score (nSPS) is 23.4. The summed E-state index contributed by atoms with van der Waals surface area (Å²) in [6.45, 7) is 5.07. The van der Waals surface area contributed by atoms with E-state index in [9.17, 15) is 13.5 Å². The molecule has 0 aliphatic carbocycles. The molecule has 6 nitrogen and oxygen atoms in total. The maximum absolute atomic E-state index is 12.4. The van der Waals surface area contributed by atoms with Crippen molar-refractivity contribution in [1.29, 1.82) is 0 Å². The lowest BCUT2D eigenvalue weighted by Gasteiger charge is -2.27. The number of aryl methyl sites for hydroxylation is 1. The Morgan fingerprint density at radius 2 is 2.29 bits per heavy atom. The Kier molecular flexibility index (Phi) is 5.43. The second-order valence-corrected chi connectivity index (χ2v) is 7.26. The van der Waals surface area contributed by atoms with Crippen LogP contribution in [0.5, 0.6) is 0 Å². The first-order valence-corrected chi connectivity index (χ1v) is 8.88. The van der Waals surface area contributed by atoms with Gasteiger partial charge in [-0.1, -0.05) is 6.92 Å². The van der Waals surface area contributed by atoms with Crippen molar-refractivity contribution in [2.45, 2.75) is 63.3 Å². The van der Waals surface area contributed by atoms with Crippen molar-refractivity contribution in [2.24, 2.45) is 0 Å². The fraction of sp³-hybridized carbons (Fsp3) is 0.714. The van der Waals surface area contributed by atoms with Crippen molar-refractivity contribution >= 4 is 10.0 Å². The van der Waals surface area contributed by atoms with E-state index < -0.39 is 10.0 Å². The van der Waals surface area contributed by atoms with Crippen LogP contribution in [0.3, 0.4) is 0 Å². The molecule has 120 valence electrons. The van der Waals surface area contributed by atoms with E-state index in [1.54, 1.807) is 16.8 Å². The second-order valence-electron chi connectivity index (χ2n) is 5.54. The molecule has 2 heterocycles. The molecule has 2 N–H and O–H groups in total. The number of aliphatic hydroxyl groups is 1. The Morgan fingerprint density at radius 3 is 2.90 bits per heavy atom. The zero-order chi connectivity index (χ0) is 15.5. The molecule has 7 heteroatoms. The highest BCUT2D eigenvalue weighted by molar-refractivity contribution is 7.89. The fourth-order valence-corrected chi connectivity index (χ4v) is 3.99. The lowest BCUT2D eigenvalue weighted by atomic mass is 10.1. The summed E-state index contributed by atoms with van der Waals surface area (Å²) in [6, 6.07) is 1.45. The highest BCUT2D eigenvalue weighted by atomic mass is 32.2. The lowest BCUT2D eigenvalue weighted by Crippen LogP contribution is -2.41. The van der Waals surface area contributed by atoms with Gasteiger partial charge in [0.05, 0.1) is 17.6 Å². The summed E-state index contributed by atoms with van der Waals surface area (Å²) >= 11 is 0. The molecule has 0 spiro atoms. The van der Waals surface area contributed by atoms with Gasteiger partial charge in [0.25, 0.3) is 0 Å². The quantitative estimate of drug-likeness (QED) is 0.827. The minimum Gasteiger partial charge on any atom is -0.390 e. The number of hydrogen-bond acceptors (Lipinski definition) is 4. The van der Waals surface area contributed by atoms with Crippen LogP contribution in [-0.4, -0.2) is 36.8 Å². The number of ether oxygens (including phenoxy) is 1. The molecule has 0 aromatic carbocycles. The smallest absolute Gasteiger partial charge is 0.242 e. The van der Waals surface area contributed by atoms with Gasteiger partial charge >= 0.3 is 0 Å². The van der Waals surface area contributed by atoms with E-state index in [1.165, 1.54) is 0 Å². The minimum atomic E-state index is -3.55. The average Bonchev–Trinajstić information content (AvgIpc) is 2.83. The van der Waals surface area contributed by atoms with Crippen LogP contribution < -0.4 is 4.72 Å². The summed E-state index contributed by atoms with van der Waals surface area (Å²) in [5.74, 6) is 0. The van der Waals surface area contributed by atoms with Crippen LogP contribution in [0.1, 0.15) is 38.8 Å². The third-order valence-corrected chi connectivity index (χ3v) is 5.19. The molecule has 1 aromatic rings. The molecule has 1 aliphatic heterocycles. The van der Waals surface area contributed by atoms with E-state index in [1.807, 2.05) is 13.8 Å². The number of aliphatic hydroxyl groups excluding tert-OH is 1. The van der Waals surface area contributed by atoms with Gasteiger partial charge < -0.3 is 14.4 Å². The molecule has 2 rings (SSSR count). The molecular formula is C14H24N2O4S. The van der Waals surface area contributed by atoms with Gasteiger partial charge in [-0.05, 0) is 32.3 Å². The van der Waals surface area contributed by atoms with Gasteiger partial charge in [0.2, 0.25) is 10.0 Å². The first-order valence-electron chi connectivity index (χ1n) is 7.40. The van der Waals surface area contributed by atoms with Gasteiger partial charge in [-0.15, -0.1) is 0 Å². The van der Waals surface area contributed by atoms with Crippen LogP contribution >= 0.6 is 0 Å². The highest BCUT2D eigenvalue weighted by Gasteiger charge is 2.26. The van der Waals surface area contributed by atoms with E-state index in [0.29, 0.717) is 31.7 Å². The lowest BCUT2D eigenvalue weighted by molar-refractivity contribution is 0.0173. The van der Waals surface area contributed by atoms with Crippen molar-refractivity contribution in [3.63, 3.8) is 0 Å². The van der Waals surface area contributed by atoms with Gasteiger partial charge in [0, 0.05) is 31.1 Å². The van der Waals surface area contributed by atoms with Gasteiger partial charge in [0.15, 0.2) is 0 Å². The van der Waals surface area contributed by atoms with Gasteiger partial charge in [0.1, 0.15) is 0 Å². The maximum atomic E-state index is 12.4. The predicted molar refractivity (Wildman–Crippen MR) is 79.4 cm³/mol. The molecule has 1 aliphatic rings. The van der Waals surface area contributed by atoms with Crippen LogP contribution in [0.4, 0.5) is 0 Å². The fourth-order valence-electron chi connectivity index (χ4n) is 2.65. The zero-order valence-corrected chi connectivity index (χ0v) is 13.4. The van der Waals surface area contributed by atoms with E-state index in [-0.39, 0.29) is 23.6 Å². The highest BCUT2D eigenvalue weighted by Crippen LogP contribution is 2.19. The molecule has 1 fully saturated rings. The third-order valence-electron chi connectivity index (χ3n) is 3.70. The first-order chi connectivity index (χ1) is 9.96. The average molecular weight is 316 g/mol. The summed E-state index contributed by atoms with van der Waals surface area (Å²) in [5.41, 5.74) is 0.623. The third kappa shape index (κ3) is 4.06. The Bertz CT molecular complexity index is 568. The van der Waals surface area contributed by atoms with Crippen LogP contribution in [0.15, 0.2) is 17.2 Å². The summed E-state index contributed by atoms with van der Waals surface area (Å²) < 4.78 is 34.9. The van der Waals surface area contributed by atoms with E-state index in [4.69, 9.17) is 4.74 Å². The molecule has 0 radical (unpaired) electrons. The Balaban J connectivity index is 2.15. The molecule has 2 atom stereocenters. The van der Waals surface area contributed by atoms with Crippen molar-refractivity contribution in [3.05, 3.63) is 18.0 Å². The van der Waals surface area contributed by atoms with Gasteiger partial charge in [-0.25, -0.2) is 13.1 Å².